The summed E-state index contributed by atoms with van der Waals surface area (Å²) < 4.78 is 0. The van der Waals surface area contributed by atoms with Crippen molar-refractivity contribution in [2.24, 2.45) is 5.84 Å². The number of aliphatic hydroxyl groups excluding tert-OH is 1. The molecule has 0 aliphatic carbocycles. The van der Waals surface area contributed by atoms with Crippen molar-refractivity contribution < 1.29 is 5.11 Å². The third-order valence-electron chi connectivity index (χ3n) is 1.34. The van der Waals surface area contributed by atoms with Crippen LogP contribution in [0.1, 0.15) is 6.92 Å². The van der Waals surface area contributed by atoms with E-state index in [2.05, 4.69) is 15.4 Å². The predicted molar refractivity (Wildman–Crippen MR) is 52.2 cm³/mol. The molecule has 0 aliphatic heterocycles. The van der Waals surface area contributed by atoms with Crippen molar-refractivity contribution in [1.82, 2.24) is 9.97 Å². The predicted octanol–water partition coefficient (Wildman–Crippen LogP) is 0.235. The van der Waals surface area contributed by atoms with Gasteiger partial charge in [0.2, 0.25) is 5.95 Å². The van der Waals surface area contributed by atoms with Crippen LogP contribution in [0.5, 0.6) is 0 Å². The first-order valence-electron chi connectivity index (χ1n) is 3.83. The number of nitrogen functional groups attached to an aromatic ring is 1. The summed E-state index contributed by atoms with van der Waals surface area (Å²) in [6.45, 7) is 2.04. The van der Waals surface area contributed by atoms with Gasteiger partial charge in [-0.2, -0.15) is 0 Å². The van der Waals surface area contributed by atoms with Gasteiger partial charge in [0.25, 0.3) is 0 Å². The summed E-state index contributed by atoms with van der Waals surface area (Å²) >= 11 is 1.48. The molecule has 0 aromatic carbocycles. The molecule has 0 aliphatic rings. The number of aliphatic hydroxyl groups is 1. The molecule has 0 amide bonds. The highest BCUT2D eigenvalue weighted by Gasteiger charge is 2.04. The van der Waals surface area contributed by atoms with Crippen LogP contribution in [0.3, 0.4) is 0 Å². The van der Waals surface area contributed by atoms with Crippen LogP contribution in [0, 0.1) is 0 Å². The van der Waals surface area contributed by atoms with E-state index in [9.17, 15) is 0 Å². The lowest BCUT2D eigenvalue weighted by atomic mass is 10.5. The number of thioether (sulfide) groups is 1. The number of nitrogens with zero attached hydrogens (tertiary/aromatic N) is 2. The molecule has 1 rings (SSSR count). The highest BCUT2D eigenvalue weighted by atomic mass is 32.2. The first-order valence-corrected chi connectivity index (χ1v) is 4.71. The van der Waals surface area contributed by atoms with Gasteiger partial charge in [-0.25, -0.2) is 15.8 Å². The van der Waals surface area contributed by atoms with Crippen molar-refractivity contribution in [3.05, 3.63) is 12.3 Å². The Labute approximate surface area is 80.7 Å². The Bertz CT molecular complexity index is 270. The molecule has 6 heteroatoms. The second-order valence-electron chi connectivity index (χ2n) is 2.47. The molecule has 1 atom stereocenters. The largest absolute Gasteiger partial charge is 0.395 e. The Morgan fingerprint density at radius 3 is 3.15 bits per heavy atom. The Balaban J connectivity index is 2.66. The molecule has 4 N–H and O–H groups in total. The van der Waals surface area contributed by atoms with Crippen LogP contribution in [0.25, 0.3) is 0 Å². The summed E-state index contributed by atoms with van der Waals surface area (Å²) in [6, 6.07) is 1.78. The lowest BCUT2D eigenvalue weighted by molar-refractivity contribution is 0.300. The quantitative estimate of drug-likeness (QED) is 0.279. The standard InChI is InChI=1S/C7H12N4OS/c1-5(4-12)13-6-2-3-9-7(10-6)11-8/h2-3,5,12H,4,8H2,1H3,(H,9,10,11). The first-order chi connectivity index (χ1) is 6.26. The van der Waals surface area contributed by atoms with Crippen molar-refractivity contribution in [2.45, 2.75) is 17.2 Å². The molecule has 72 valence electrons. The molecule has 0 fully saturated rings. The first kappa shape index (κ1) is 10.2. The van der Waals surface area contributed by atoms with Gasteiger partial charge in [-0.1, -0.05) is 6.92 Å². The number of aromatic nitrogens is 2. The van der Waals surface area contributed by atoms with Crippen molar-refractivity contribution in [1.29, 1.82) is 0 Å². The van der Waals surface area contributed by atoms with Gasteiger partial charge in [0.05, 0.1) is 6.61 Å². The van der Waals surface area contributed by atoms with Gasteiger partial charge in [0.15, 0.2) is 0 Å². The Morgan fingerprint density at radius 2 is 2.54 bits per heavy atom. The van der Waals surface area contributed by atoms with E-state index in [1.165, 1.54) is 11.8 Å². The SMILES string of the molecule is CC(CO)Sc1ccnc(NN)n1. The molecule has 1 unspecified atom stereocenters. The second kappa shape index (κ2) is 5.00. The smallest absolute Gasteiger partial charge is 0.238 e. The summed E-state index contributed by atoms with van der Waals surface area (Å²) in [5.74, 6) is 5.53. The summed E-state index contributed by atoms with van der Waals surface area (Å²) in [5, 5.41) is 9.74. The average Bonchev–Trinajstić information content (AvgIpc) is 2.18. The van der Waals surface area contributed by atoms with Crippen LogP contribution in [0.2, 0.25) is 0 Å². The maximum absolute atomic E-state index is 8.82. The monoisotopic (exact) mass is 200 g/mol. The minimum atomic E-state index is 0.125. The minimum Gasteiger partial charge on any atom is -0.395 e. The molecule has 1 aromatic rings. The molecule has 0 spiro atoms. The van der Waals surface area contributed by atoms with Crippen LogP contribution >= 0.6 is 11.8 Å². The Kier molecular flexibility index (Phi) is 3.94. The van der Waals surface area contributed by atoms with E-state index in [1.807, 2.05) is 6.92 Å². The molecule has 0 saturated heterocycles. The number of hydrogen-bond acceptors (Lipinski definition) is 6. The van der Waals surface area contributed by atoms with Gasteiger partial charge in [-0.3, -0.25) is 5.43 Å². The molecule has 13 heavy (non-hydrogen) atoms. The maximum Gasteiger partial charge on any atom is 0.238 e. The van der Waals surface area contributed by atoms with Crippen molar-refractivity contribution in [3.63, 3.8) is 0 Å². The molecule has 5 nitrogen and oxygen atoms in total. The summed E-state index contributed by atoms with van der Waals surface area (Å²) in [7, 11) is 0. The molecule has 0 saturated carbocycles. The third kappa shape index (κ3) is 3.17. The summed E-state index contributed by atoms with van der Waals surface area (Å²) in [5.41, 5.74) is 2.36. The number of nitrogens with two attached hydrogens (primary N) is 1. The average molecular weight is 200 g/mol. The van der Waals surface area contributed by atoms with Gasteiger partial charge in [0.1, 0.15) is 5.03 Å². The molecule has 0 bridgehead atoms. The van der Waals surface area contributed by atoms with Crippen molar-refractivity contribution in [2.75, 3.05) is 12.0 Å². The fourth-order valence-corrected chi connectivity index (χ4v) is 1.49. The zero-order valence-electron chi connectivity index (χ0n) is 7.27. The number of hydrazine groups is 1. The fourth-order valence-electron chi connectivity index (χ4n) is 0.721. The molecule has 0 radical (unpaired) electrons. The Hall–Kier alpha value is -0.850. The molecule has 1 aromatic heterocycles. The van der Waals surface area contributed by atoms with Crippen LogP contribution < -0.4 is 11.3 Å². The summed E-state index contributed by atoms with van der Waals surface area (Å²) in [4.78, 5) is 7.95. The van der Waals surface area contributed by atoms with Crippen molar-refractivity contribution >= 4 is 17.7 Å². The maximum atomic E-state index is 8.82. The lowest BCUT2D eigenvalue weighted by Gasteiger charge is -2.06. The van der Waals surface area contributed by atoms with Crippen LogP contribution in [-0.2, 0) is 0 Å². The summed E-state index contributed by atoms with van der Waals surface area (Å²) in [6.07, 6.45) is 1.62. The van der Waals surface area contributed by atoms with E-state index in [-0.39, 0.29) is 11.9 Å². The number of hydrogen-bond donors (Lipinski definition) is 3. The second-order valence-corrected chi connectivity index (χ2v) is 3.93. The van der Waals surface area contributed by atoms with E-state index in [0.29, 0.717) is 5.95 Å². The van der Waals surface area contributed by atoms with Gasteiger partial charge in [0, 0.05) is 11.4 Å². The van der Waals surface area contributed by atoms with E-state index in [1.54, 1.807) is 12.3 Å². The zero-order valence-corrected chi connectivity index (χ0v) is 8.08. The van der Waals surface area contributed by atoms with Gasteiger partial charge in [-0.15, -0.1) is 11.8 Å². The van der Waals surface area contributed by atoms with E-state index in [0.717, 1.165) is 5.03 Å². The van der Waals surface area contributed by atoms with Crippen LogP contribution in [-0.4, -0.2) is 26.9 Å². The number of rotatable bonds is 4. The van der Waals surface area contributed by atoms with Crippen LogP contribution in [0.15, 0.2) is 17.3 Å². The third-order valence-corrected chi connectivity index (χ3v) is 2.36. The highest BCUT2D eigenvalue weighted by Crippen LogP contribution is 2.20. The van der Waals surface area contributed by atoms with E-state index >= 15 is 0 Å². The van der Waals surface area contributed by atoms with Crippen LogP contribution in [0.4, 0.5) is 5.95 Å². The van der Waals surface area contributed by atoms with Gasteiger partial charge < -0.3 is 5.11 Å². The highest BCUT2D eigenvalue weighted by molar-refractivity contribution is 7.99. The van der Waals surface area contributed by atoms with Gasteiger partial charge >= 0.3 is 0 Å². The van der Waals surface area contributed by atoms with E-state index in [4.69, 9.17) is 10.9 Å². The molecule has 1 heterocycles. The number of nitrogens with one attached hydrogen (secondary N) is 1. The zero-order chi connectivity index (χ0) is 9.68. The molecular formula is C7H12N4OS. The van der Waals surface area contributed by atoms with Crippen molar-refractivity contribution in [3.8, 4) is 0 Å². The lowest BCUT2D eigenvalue weighted by Crippen LogP contribution is -2.11. The van der Waals surface area contributed by atoms with E-state index < -0.39 is 0 Å². The topological polar surface area (TPSA) is 84.1 Å². The minimum absolute atomic E-state index is 0.125. The Morgan fingerprint density at radius 1 is 1.77 bits per heavy atom. The van der Waals surface area contributed by atoms with Gasteiger partial charge in [-0.05, 0) is 6.07 Å². The normalized spacial score (nSPS) is 12.5. The number of anilines is 1. The fraction of sp³-hybridized carbons (Fsp3) is 0.429. The molecular weight excluding hydrogens is 188 g/mol.